The van der Waals surface area contributed by atoms with Gasteiger partial charge in [-0.15, -0.1) is 0 Å². The Morgan fingerprint density at radius 2 is 1.88 bits per heavy atom. The molecule has 86 valence electrons. The maximum absolute atomic E-state index is 12.8. The van der Waals surface area contributed by atoms with Crippen molar-refractivity contribution < 1.29 is 13.6 Å². The number of amides is 1. The van der Waals surface area contributed by atoms with Crippen molar-refractivity contribution >= 4 is 11.7 Å². The Hall–Kier alpha value is -2.37. The van der Waals surface area contributed by atoms with E-state index in [2.05, 4.69) is 15.3 Å². The van der Waals surface area contributed by atoms with Crippen molar-refractivity contribution in [2.24, 2.45) is 0 Å². The van der Waals surface area contributed by atoms with Gasteiger partial charge in [0.15, 0.2) is 0 Å². The first-order valence-electron chi connectivity index (χ1n) is 4.70. The van der Waals surface area contributed by atoms with E-state index in [0.29, 0.717) is 5.82 Å². The number of hydrogen-bond donors (Lipinski definition) is 1. The summed E-state index contributed by atoms with van der Waals surface area (Å²) in [6, 6.07) is 6.62. The minimum absolute atomic E-state index is 0.152. The van der Waals surface area contributed by atoms with E-state index in [1.807, 2.05) is 0 Å². The van der Waals surface area contributed by atoms with Gasteiger partial charge in [-0.3, -0.25) is 4.79 Å². The zero-order valence-corrected chi connectivity index (χ0v) is 8.52. The van der Waals surface area contributed by atoms with Gasteiger partial charge in [-0.2, -0.15) is 13.8 Å². The number of pyridine rings is 2. The first-order valence-corrected chi connectivity index (χ1v) is 4.70. The number of carbonyl (C=O) groups excluding carboxylic acids is 1. The van der Waals surface area contributed by atoms with E-state index in [1.54, 1.807) is 18.2 Å². The number of rotatable bonds is 2. The van der Waals surface area contributed by atoms with E-state index < -0.39 is 17.8 Å². The molecule has 2 aromatic heterocycles. The smallest absolute Gasteiger partial charge is 0.257 e. The molecular formula is C11H7F2N3O. The fraction of sp³-hybridized carbons (Fsp3) is 0. The van der Waals surface area contributed by atoms with Crippen LogP contribution in [0.25, 0.3) is 0 Å². The van der Waals surface area contributed by atoms with Crippen molar-refractivity contribution in [3.05, 3.63) is 54.0 Å². The lowest BCUT2D eigenvalue weighted by atomic mass is 10.2. The van der Waals surface area contributed by atoms with E-state index >= 15 is 0 Å². The third-order valence-electron chi connectivity index (χ3n) is 1.93. The third-order valence-corrected chi connectivity index (χ3v) is 1.93. The van der Waals surface area contributed by atoms with Gasteiger partial charge in [-0.25, -0.2) is 4.98 Å². The van der Waals surface area contributed by atoms with Crippen molar-refractivity contribution in [3.8, 4) is 0 Å². The molecule has 0 aromatic carbocycles. The predicted octanol–water partition coefficient (Wildman–Crippen LogP) is 2.01. The second-order valence-electron chi connectivity index (χ2n) is 3.17. The van der Waals surface area contributed by atoms with Gasteiger partial charge < -0.3 is 5.32 Å². The molecule has 0 aliphatic rings. The first kappa shape index (κ1) is 11.1. The summed E-state index contributed by atoms with van der Waals surface area (Å²) in [7, 11) is 0. The molecule has 0 saturated carbocycles. The minimum atomic E-state index is -1.05. The first-order chi connectivity index (χ1) is 8.15. The number of nitrogens with zero attached hydrogens (tertiary/aromatic N) is 2. The van der Waals surface area contributed by atoms with E-state index in [0.717, 1.165) is 12.1 Å². The normalized spacial score (nSPS) is 10.0. The minimum Gasteiger partial charge on any atom is -0.307 e. The Bertz CT molecular complexity index is 525. The van der Waals surface area contributed by atoms with E-state index in [9.17, 15) is 13.6 Å². The Morgan fingerprint density at radius 3 is 2.47 bits per heavy atom. The summed E-state index contributed by atoms with van der Waals surface area (Å²) in [4.78, 5) is 18.4. The largest absolute Gasteiger partial charge is 0.307 e. The van der Waals surface area contributed by atoms with Gasteiger partial charge in [0.2, 0.25) is 11.9 Å². The van der Waals surface area contributed by atoms with Gasteiger partial charge in [0.1, 0.15) is 5.82 Å². The number of carbonyl (C=O) groups is 1. The van der Waals surface area contributed by atoms with Crippen molar-refractivity contribution in [1.29, 1.82) is 0 Å². The predicted molar refractivity (Wildman–Crippen MR) is 56.3 cm³/mol. The van der Waals surface area contributed by atoms with Crippen molar-refractivity contribution in [2.75, 3.05) is 5.32 Å². The maximum atomic E-state index is 12.8. The van der Waals surface area contributed by atoms with Gasteiger partial charge in [-0.05, 0) is 12.1 Å². The van der Waals surface area contributed by atoms with Crippen molar-refractivity contribution in [3.63, 3.8) is 0 Å². The standard InChI is InChI=1S/C11H7F2N3O/c12-8-5-7(6-9(13)15-8)11(17)16-10-3-1-2-4-14-10/h1-6H,(H,14,16,17). The quantitative estimate of drug-likeness (QED) is 0.810. The van der Waals surface area contributed by atoms with Crippen molar-refractivity contribution in [1.82, 2.24) is 9.97 Å². The number of nitrogens with one attached hydrogen (secondary N) is 1. The molecule has 0 saturated heterocycles. The second kappa shape index (κ2) is 4.65. The van der Waals surface area contributed by atoms with Crippen LogP contribution in [0.5, 0.6) is 0 Å². The van der Waals surface area contributed by atoms with Crippen LogP contribution in [0.3, 0.4) is 0 Å². The van der Waals surface area contributed by atoms with Gasteiger partial charge in [-0.1, -0.05) is 6.07 Å². The van der Waals surface area contributed by atoms with Crippen LogP contribution in [0, 0.1) is 11.9 Å². The lowest BCUT2D eigenvalue weighted by molar-refractivity contribution is 0.102. The lowest BCUT2D eigenvalue weighted by Gasteiger charge is -2.03. The number of anilines is 1. The molecule has 6 heteroatoms. The summed E-state index contributed by atoms with van der Waals surface area (Å²) in [6.07, 6.45) is 1.49. The van der Waals surface area contributed by atoms with Crippen LogP contribution in [0.4, 0.5) is 14.6 Å². The molecule has 2 aromatic rings. The molecule has 0 unspecified atom stereocenters. The number of hydrogen-bond acceptors (Lipinski definition) is 3. The van der Waals surface area contributed by atoms with Crippen LogP contribution >= 0.6 is 0 Å². The van der Waals surface area contributed by atoms with Gasteiger partial charge in [0.25, 0.3) is 5.91 Å². The third kappa shape index (κ3) is 2.81. The molecule has 0 atom stereocenters. The molecule has 2 heterocycles. The van der Waals surface area contributed by atoms with Crippen LogP contribution < -0.4 is 5.32 Å². The number of halogens is 2. The highest BCUT2D eigenvalue weighted by Crippen LogP contribution is 2.07. The zero-order valence-electron chi connectivity index (χ0n) is 8.52. The Kier molecular flexibility index (Phi) is 3.04. The van der Waals surface area contributed by atoms with Crippen LogP contribution in [0.1, 0.15) is 10.4 Å². The summed E-state index contributed by atoms with van der Waals surface area (Å²) >= 11 is 0. The monoisotopic (exact) mass is 235 g/mol. The molecule has 17 heavy (non-hydrogen) atoms. The van der Waals surface area contributed by atoms with Gasteiger partial charge in [0, 0.05) is 23.9 Å². The fourth-order valence-electron chi connectivity index (χ4n) is 1.22. The van der Waals surface area contributed by atoms with Crippen molar-refractivity contribution in [2.45, 2.75) is 0 Å². The van der Waals surface area contributed by atoms with Gasteiger partial charge >= 0.3 is 0 Å². The molecule has 0 spiro atoms. The highest BCUT2D eigenvalue weighted by Gasteiger charge is 2.10. The van der Waals surface area contributed by atoms with Crippen LogP contribution in [0.15, 0.2) is 36.5 Å². The lowest BCUT2D eigenvalue weighted by Crippen LogP contribution is -2.13. The summed E-state index contributed by atoms with van der Waals surface area (Å²) in [5, 5.41) is 2.40. The Labute approximate surface area is 95.3 Å². The fourth-order valence-corrected chi connectivity index (χ4v) is 1.22. The summed E-state index contributed by atoms with van der Waals surface area (Å²) in [5.41, 5.74) is -0.152. The Morgan fingerprint density at radius 1 is 1.18 bits per heavy atom. The molecule has 0 bridgehead atoms. The van der Waals surface area contributed by atoms with E-state index in [4.69, 9.17) is 0 Å². The molecule has 0 aliphatic carbocycles. The summed E-state index contributed by atoms with van der Waals surface area (Å²) in [6.45, 7) is 0. The van der Waals surface area contributed by atoms with Crippen LogP contribution in [0.2, 0.25) is 0 Å². The maximum Gasteiger partial charge on any atom is 0.257 e. The van der Waals surface area contributed by atoms with Crippen LogP contribution in [-0.4, -0.2) is 15.9 Å². The van der Waals surface area contributed by atoms with E-state index in [1.165, 1.54) is 6.20 Å². The SMILES string of the molecule is O=C(Nc1ccccn1)c1cc(F)nc(F)c1. The molecular weight excluding hydrogens is 228 g/mol. The summed E-state index contributed by atoms with van der Waals surface area (Å²) in [5.74, 6) is -2.44. The highest BCUT2D eigenvalue weighted by atomic mass is 19.1. The molecule has 0 fully saturated rings. The topological polar surface area (TPSA) is 54.9 Å². The van der Waals surface area contributed by atoms with E-state index in [-0.39, 0.29) is 5.56 Å². The molecule has 0 radical (unpaired) electrons. The van der Waals surface area contributed by atoms with Crippen LogP contribution in [-0.2, 0) is 0 Å². The average molecular weight is 235 g/mol. The molecule has 1 amide bonds. The zero-order chi connectivity index (χ0) is 12.3. The second-order valence-corrected chi connectivity index (χ2v) is 3.17. The highest BCUT2D eigenvalue weighted by molar-refractivity contribution is 6.03. The molecule has 2 rings (SSSR count). The average Bonchev–Trinajstić information content (AvgIpc) is 2.29. The van der Waals surface area contributed by atoms with Gasteiger partial charge in [0.05, 0.1) is 0 Å². The molecule has 4 nitrogen and oxygen atoms in total. The summed E-state index contributed by atoms with van der Waals surface area (Å²) < 4.78 is 25.6. The Balaban J connectivity index is 2.20. The number of aromatic nitrogens is 2. The molecule has 1 N–H and O–H groups in total. The molecule has 0 aliphatic heterocycles.